The molecule has 5 heteroatoms. The average molecular weight is 309 g/mol. The van der Waals surface area contributed by atoms with Gasteiger partial charge in [-0.05, 0) is 29.8 Å². The number of fused-ring (bicyclic) bond motifs is 1. The lowest BCUT2D eigenvalue weighted by molar-refractivity contribution is 0.108. The molecule has 0 bridgehead atoms. The third-order valence-corrected chi connectivity index (χ3v) is 3.57. The third-order valence-electron chi connectivity index (χ3n) is 3.06. The summed E-state index contributed by atoms with van der Waals surface area (Å²) in [5, 5.41) is -0.332. The zero-order chi connectivity index (χ0) is 14.1. The van der Waals surface area contributed by atoms with Gasteiger partial charge in [0, 0.05) is 18.1 Å². The monoisotopic (exact) mass is 308 g/mol. The maximum atomic E-state index is 11.1. The van der Waals surface area contributed by atoms with E-state index in [-0.39, 0.29) is 10.6 Å². The van der Waals surface area contributed by atoms with Crippen LogP contribution in [0.3, 0.4) is 0 Å². The number of ether oxygens (including phenoxy) is 2. The lowest BCUT2D eigenvalue weighted by atomic mass is 10.1. The Kier molecular flexibility index (Phi) is 3.55. The summed E-state index contributed by atoms with van der Waals surface area (Å²) in [5.41, 5.74) is 1.39. The van der Waals surface area contributed by atoms with E-state index in [1.54, 1.807) is 12.1 Å². The standard InChI is InChI=1S/C15H10Cl2O3/c16-12-8-10(4-5-11(12)15(17)18)20-13-3-1-2-9-6-7-19-14(9)13/h1-5,8H,6-7H2. The molecule has 0 N–H and O–H groups in total. The number of carbonyl (C=O) groups excluding carboxylic acids is 1. The van der Waals surface area contributed by atoms with Crippen LogP contribution in [0.2, 0.25) is 5.02 Å². The van der Waals surface area contributed by atoms with Gasteiger partial charge in [-0.3, -0.25) is 4.79 Å². The molecule has 102 valence electrons. The van der Waals surface area contributed by atoms with Crippen LogP contribution in [0.15, 0.2) is 36.4 Å². The highest BCUT2D eigenvalue weighted by atomic mass is 35.5. The van der Waals surface area contributed by atoms with Gasteiger partial charge in [-0.15, -0.1) is 0 Å². The van der Waals surface area contributed by atoms with E-state index in [0.29, 0.717) is 18.1 Å². The summed E-state index contributed by atoms with van der Waals surface area (Å²) in [7, 11) is 0. The molecule has 1 aliphatic heterocycles. The van der Waals surface area contributed by atoms with Crippen molar-refractivity contribution < 1.29 is 14.3 Å². The van der Waals surface area contributed by atoms with Crippen molar-refractivity contribution in [2.45, 2.75) is 6.42 Å². The molecule has 1 aliphatic rings. The molecule has 0 spiro atoms. The van der Waals surface area contributed by atoms with Crippen molar-refractivity contribution >= 4 is 28.4 Å². The molecule has 0 fully saturated rings. The van der Waals surface area contributed by atoms with Crippen LogP contribution in [-0.4, -0.2) is 11.8 Å². The third kappa shape index (κ3) is 2.47. The highest BCUT2D eigenvalue weighted by molar-refractivity contribution is 6.68. The van der Waals surface area contributed by atoms with Crippen LogP contribution in [0.1, 0.15) is 15.9 Å². The fourth-order valence-electron chi connectivity index (χ4n) is 2.11. The molecule has 0 radical (unpaired) electrons. The maximum Gasteiger partial charge on any atom is 0.253 e. The molecular weight excluding hydrogens is 299 g/mol. The molecule has 0 saturated heterocycles. The average Bonchev–Trinajstić information content (AvgIpc) is 2.87. The first-order valence-electron chi connectivity index (χ1n) is 6.07. The first kappa shape index (κ1) is 13.3. The smallest absolute Gasteiger partial charge is 0.253 e. The second-order valence-corrected chi connectivity index (χ2v) is 5.11. The van der Waals surface area contributed by atoms with Gasteiger partial charge < -0.3 is 9.47 Å². The van der Waals surface area contributed by atoms with Crippen molar-refractivity contribution in [3.8, 4) is 17.2 Å². The van der Waals surface area contributed by atoms with E-state index in [0.717, 1.165) is 17.7 Å². The van der Waals surface area contributed by atoms with Gasteiger partial charge in [0.2, 0.25) is 0 Å². The maximum absolute atomic E-state index is 11.1. The predicted molar refractivity (Wildman–Crippen MR) is 77.4 cm³/mol. The second kappa shape index (κ2) is 5.35. The fourth-order valence-corrected chi connectivity index (χ4v) is 2.58. The Morgan fingerprint density at radius 2 is 2.10 bits per heavy atom. The molecule has 0 atom stereocenters. The van der Waals surface area contributed by atoms with E-state index in [2.05, 4.69) is 0 Å². The van der Waals surface area contributed by atoms with Crippen LogP contribution in [0.4, 0.5) is 0 Å². The van der Waals surface area contributed by atoms with Crippen LogP contribution >= 0.6 is 23.2 Å². The Morgan fingerprint density at radius 3 is 2.85 bits per heavy atom. The Balaban J connectivity index is 1.91. The topological polar surface area (TPSA) is 35.5 Å². The lowest BCUT2D eigenvalue weighted by Crippen LogP contribution is -1.93. The molecule has 0 saturated carbocycles. The van der Waals surface area contributed by atoms with Crippen molar-refractivity contribution in [2.75, 3.05) is 6.61 Å². The quantitative estimate of drug-likeness (QED) is 0.786. The Morgan fingerprint density at radius 1 is 1.25 bits per heavy atom. The number of benzene rings is 2. The zero-order valence-electron chi connectivity index (χ0n) is 10.4. The van der Waals surface area contributed by atoms with Crippen LogP contribution in [0, 0.1) is 0 Å². The molecule has 0 amide bonds. The highest BCUT2D eigenvalue weighted by Crippen LogP contribution is 2.38. The van der Waals surface area contributed by atoms with Crippen molar-refractivity contribution in [1.82, 2.24) is 0 Å². The summed E-state index contributed by atoms with van der Waals surface area (Å²) in [6.07, 6.45) is 0.882. The van der Waals surface area contributed by atoms with Gasteiger partial charge in [0.25, 0.3) is 5.24 Å². The van der Waals surface area contributed by atoms with Crippen molar-refractivity contribution in [3.63, 3.8) is 0 Å². The highest BCUT2D eigenvalue weighted by Gasteiger charge is 2.18. The number of carbonyl (C=O) groups is 1. The minimum atomic E-state index is -0.592. The van der Waals surface area contributed by atoms with Gasteiger partial charge in [-0.2, -0.15) is 0 Å². The number of hydrogen-bond donors (Lipinski definition) is 0. The van der Waals surface area contributed by atoms with Crippen molar-refractivity contribution in [1.29, 1.82) is 0 Å². The molecule has 0 aromatic heterocycles. The normalized spacial score (nSPS) is 12.7. The van der Waals surface area contributed by atoms with Gasteiger partial charge in [0.15, 0.2) is 11.5 Å². The molecule has 0 unspecified atom stereocenters. The molecule has 1 heterocycles. The fraction of sp³-hybridized carbons (Fsp3) is 0.133. The molecule has 0 aliphatic carbocycles. The summed E-state index contributed by atoms with van der Waals surface area (Å²) in [6, 6.07) is 10.5. The number of para-hydroxylation sites is 1. The largest absolute Gasteiger partial charge is 0.489 e. The van der Waals surface area contributed by atoms with Crippen molar-refractivity contribution in [3.05, 3.63) is 52.5 Å². The van der Waals surface area contributed by atoms with Gasteiger partial charge in [-0.1, -0.05) is 23.7 Å². The first-order chi connectivity index (χ1) is 9.65. The van der Waals surface area contributed by atoms with Gasteiger partial charge in [0.05, 0.1) is 17.2 Å². The van der Waals surface area contributed by atoms with Crippen LogP contribution < -0.4 is 9.47 Å². The summed E-state index contributed by atoms with van der Waals surface area (Å²) in [5.74, 6) is 1.93. The number of rotatable bonds is 3. The minimum Gasteiger partial charge on any atom is -0.489 e. The van der Waals surface area contributed by atoms with Gasteiger partial charge >= 0.3 is 0 Å². The second-order valence-electron chi connectivity index (χ2n) is 4.36. The first-order valence-corrected chi connectivity index (χ1v) is 6.82. The zero-order valence-corrected chi connectivity index (χ0v) is 11.9. The Hall–Kier alpha value is -1.71. The number of halogens is 2. The summed E-state index contributed by atoms with van der Waals surface area (Å²) < 4.78 is 11.3. The molecule has 20 heavy (non-hydrogen) atoms. The summed E-state index contributed by atoms with van der Waals surface area (Å²) in [4.78, 5) is 11.1. The molecule has 3 rings (SSSR count). The Labute approximate surface area is 126 Å². The molecule has 3 nitrogen and oxygen atoms in total. The lowest BCUT2D eigenvalue weighted by Gasteiger charge is -2.10. The van der Waals surface area contributed by atoms with Gasteiger partial charge in [-0.25, -0.2) is 0 Å². The summed E-state index contributed by atoms with van der Waals surface area (Å²) >= 11 is 11.4. The molecule has 2 aromatic carbocycles. The van der Waals surface area contributed by atoms with E-state index >= 15 is 0 Å². The van der Waals surface area contributed by atoms with Crippen LogP contribution in [0.5, 0.6) is 17.2 Å². The van der Waals surface area contributed by atoms with Gasteiger partial charge in [0.1, 0.15) is 5.75 Å². The van der Waals surface area contributed by atoms with E-state index in [4.69, 9.17) is 32.7 Å². The minimum absolute atomic E-state index is 0.259. The SMILES string of the molecule is O=C(Cl)c1ccc(Oc2cccc3c2OCC3)cc1Cl. The summed E-state index contributed by atoms with van der Waals surface area (Å²) in [6.45, 7) is 0.663. The van der Waals surface area contributed by atoms with Crippen molar-refractivity contribution in [2.24, 2.45) is 0 Å². The van der Waals surface area contributed by atoms with Crippen LogP contribution in [-0.2, 0) is 6.42 Å². The Bertz CT molecular complexity index is 683. The van der Waals surface area contributed by atoms with E-state index in [1.165, 1.54) is 6.07 Å². The number of hydrogen-bond acceptors (Lipinski definition) is 3. The molecule has 2 aromatic rings. The predicted octanol–water partition coefficient (Wildman–Crippen LogP) is 4.45. The van der Waals surface area contributed by atoms with E-state index < -0.39 is 5.24 Å². The van der Waals surface area contributed by atoms with E-state index in [9.17, 15) is 4.79 Å². The van der Waals surface area contributed by atoms with E-state index in [1.807, 2.05) is 18.2 Å². The van der Waals surface area contributed by atoms with Crippen LogP contribution in [0.25, 0.3) is 0 Å². The molecular formula is C15H10Cl2O3.